The van der Waals surface area contributed by atoms with Crippen molar-refractivity contribution in [3.63, 3.8) is 0 Å². The highest BCUT2D eigenvalue weighted by Crippen LogP contribution is 2.27. The largest absolute Gasteiger partial charge is 0.493 e. The Balaban J connectivity index is 2.51. The van der Waals surface area contributed by atoms with Crippen LogP contribution < -0.4 is 4.31 Å². The molecule has 0 aliphatic carbocycles. The number of ether oxygens (including phenoxy) is 1. The van der Waals surface area contributed by atoms with Gasteiger partial charge in [-0.3, -0.25) is 4.68 Å². The fraction of sp³-hybridized carbons (Fsp3) is 0.706. The molecule has 182 valence electrons. The van der Waals surface area contributed by atoms with E-state index >= 15 is 0 Å². The van der Waals surface area contributed by atoms with Crippen molar-refractivity contribution in [1.82, 2.24) is 19.1 Å². The molecule has 2 heterocycles. The number of hydrogen-bond acceptors (Lipinski definition) is 8. The molecule has 1 aromatic heterocycles. The fourth-order valence-corrected chi connectivity index (χ4v) is 4.25. The molecule has 0 unspecified atom stereocenters. The molecule has 0 bridgehead atoms. The number of hydrogen-bond donors (Lipinski definition) is 0. The minimum absolute atomic E-state index is 0.0376. The van der Waals surface area contributed by atoms with Gasteiger partial charge in [-0.05, 0) is 51.7 Å². The van der Waals surface area contributed by atoms with Gasteiger partial charge in [-0.15, -0.1) is 0 Å². The van der Waals surface area contributed by atoms with Crippen molar-refractivity contribution in [1.29, 1.82) is 0 Å². The zero-order chi connectivity index (χ0) is 24.5. The molecule has 0 aromatic carbocycles. The van der Waals surface area contributed by atoms with E-state index in [0.29, 0.717) is 17.3 Å². The van der Waals surface area contributed by atoms with Crippen molar-refractivity contribution in [3.8, 4) is 0 Å². The van der Waals surface area contributed by atoms with Crippen LogP contribution in [0.3, 0.4) is 0 Å². The fourth-order valence-electron chi connectivity index (χ4n) is 2.97. The van der Waals surface area contributed by atoms with Gasteiger partial charge in [-0.2, -0.15) is 26.7 Å². The molecule has 11 nitrogen and oxygen atoms in total. The summed E-state index contributed by atoms with van der Waals surface area (Å²) in [7, 11) is -1.90. The quantitative estimate of drug-likeness (QED) is 0.581. The average molecular weight is 485 g/mol. The first-order valence-electron chi connectivity index (χ1n) is 9.56. The molecule has 1 fully saturated rings. The number of rotatable bonds is 5. The summed E-state index contributed by atoms with van der Waals surface area (Å²) < 4.78 is 71.4. The minimum Gasteiger partial charge on any atom is -0.441 e. The summed E-state index contributed by atoms with van der Waals surface area (Å²) in [4.78, 5) is 29.9. The first kappa shape index (κ1) is 25.7. The Morgan fingerprint density at radius 2 is 1.88 bits per heavy atom. The molecule has 32 heavy (non-hydrogen) atoms. The number of likely N-dealkylation sites (N-methyl/N-ethyl adjacent to an activating group) is 1. The van der Waals surface area contributed by atoms with Crippen LogP contribution >= 0.6 is 0 Å². The molecular weight excluding hydrogens is 459 g/mol. The predicted molar refractivity (Wildman–Crippen MR) is 105 cm³/mol. The molecule has 2 rings (SSSR count). The molecule has 15 heteroatoms. The molecule has 1 aliphatic rings. The van der Waals surface area contributed by atoms with Crippen LogP contribution in [0.2, 0.25) is 0 Å². The number of alkyl halides is 3. The van der Waals surface area contributed by atoms with Crippen LogP contribution in [0.1, 0.15) is 33.6 Å². The number of hydroxylamine groups is 1. The van der Waals surface area contributed by atoms with E-state index in [2.05, 4.69) is 9.94 Å². The zero-order valence-electron chi connectivity index (χ0n) is 18.3. The van der Waals surface area contributed by atoms with Crippen LogP contribution in [-0.2, 0) is 31.6 Å². The standard InChI is InChI=1S/C17H26F3N5O6S/c1-16(2,3)30-15(27)25(31-14(26)17(18,19)20)32(28,29)24(13-9-21-23(5)10-13)11-12-7-6-8-22(12)4/h9-10,12H,6-8,11H2,1-5H3/t12-/m1/s1. The topological polar surface area (TPSA) is 114 Å². The normalized spacial score (nSPS) is 17.8. The SMILES string of the molecule is CN1CCC[C@@H]1CN(c1cnn(C)c1)S(=O)(=O)N(OC(=O)C(F)(F)F)C(=O)OC(C)(C)C. The highest BCUT2D eigenvalue weighted by Gasteiger charge is 2.49. The van der Waals surface area contributed by atoms with E-state index in [4.69, 9.17) is 4.74 Å². The van der Waals surface area contributed by atoms with Crippen molar-refractivity contribution in [3.05, 3.63) is 12.4 Å². The molecule has 0 saturated carbocycles. The number of nitrogens with zero attached hydrogens (tertiary/aromatic N) is 5. The second-order valence-corrected chi connectivity index (χ2v) is 9.94. The Labute approximate surface area is 183 Å². The number of anilines is 1. The number of halogens is 3. The van der Waals surface area contributed by atoms with Crippen molar-refractivity contribution >= 4 is 28.0 Å². The molecule has 1 aliphatic heterocycles. The second-order valence-electron chi connectivity index (χ2n) is 8.27. The molecule has 1 aromatic rings. The lowest BCUT2D eigenvalue weighted by atomic mass is 10.2. The predicted octanol–water partition coefficient (Wildman–Crippen LogP) is 1.82. The van der Waals surface area contributed by atoms with Crippen molar-refractivity contribution in [2.75, 3.05) is 24.4 Å². The van der Waals surface area contributed by atoms with E-state index in [0.717, 1.165) is 12.6 Å². The summed E-state index contributed by atoms with van der Waals surface area (Å²) in [5.74, 6) is -2.89. The lowest BCUT2D eigenvalue weighted by Gasteiger charge is -2.32. The van der Waals surface area contributed by atoms with E-state index in [1.165, 1.54) is 38.7 Å². The van der Waals surface area contributed by atoms with E-state index < -0.39 is 38.5 Å². The average Bonchev–Trinajstić information content (AvgIpc) is 3.22. The summed E-state index contributed by atoms with van der Waals surface area (Å²) in [6, 6.07) is -0.302. The highest BCUT2D eigenvalue weighted by molar-refractivity contribution is 7.90. The third-order valence-corrected chi connectivity index (χ3v) is 6.01. The van der Waals surface area contributed by atoms with E-state index in [9.17, 15) is 31.2 Å². The summed E-state index contributed by atoms with van der Waals surface area (Å²) in [6.07, 6.45) is -3.51. The smallest absolute Gasteiger partial charge is 0.441 e. The highest BCUT2D eigenvalue weighted by atomic mass is 32.2. The monoisotopic (exact) mass is 485 g/mol. The Bertz CT molecular complexity index is 943. The molecule has 1 amide bonds. The van der Waals surface area contributed by atoms with Crippen molar-refractivity contribution in [2.45, 2.75) is 51.4 Å². The van der Waals surface area contributed by atoms with E-state index in [1.54, 1.807) is 7.05 Å². The Hall–Kier alpha value is -2.55. The first-order chi connectivity index (χ1) is 14.5. The van der Waals surface area contributed by atoms with Gasteiger partial charge in [0.2, 0.25) is 0 Å². The Kier molecular flexibility index (Phi) is 7.34. The maximum atomic E-state index is 13.4. The zero-order valence-corrected chi connectivity index (χ0v) is 19.1. The molecule has 1 saturated heterocycles. The molecule has 0 radical (unpaired) electrons. The van der Waals surface area contributed by atoms with Gasteiger partial charge in [-0.25, -0.2) is 13.9 Å². The number of likely N-dealkylation sites (tertiary alicyclic amines) is 1. The lowest BCUT2D eigenvalue weighted by Crippen LogP contribution is -2.53. The van der Waals surface area contributed by atoms with Gasteiger partial charge in [0, 0.05) is 19.3 Å². The number of carbonyl (C=O) groups excluding carboxylic acids is 2. The van der Waals surface area contributed by atoms with Gasteiger partial charge >= 0.3 is 28.4 Å². The van der Waals surface area contributed by atoms with Gasteiger partial charge in [0.05, 0.1) is 18.4 Å². The van der Waals surface area contributed by atoms with Crippen molar-refractivity contribution < 1.29 is 40.8 Å². The van der Waals surface area contributed by atoms with Gasteiger partial charge < -0.3 is 14.5 Å². The number of aromatic nitrogens is 2. The van der Waals surface area contributed by atoms with Crippen LogP contribution in [0, 0.1) is 0 Å². The van der Waals surface area contributed by atoms with E-state index in [1.807, 2.05) is 4.90 Å². The van der Waals surface area contributed by atoms with Crippen molar-refractivity contribution in [2.24, 2.45) is 7.05 Å². The van der Waals surface area contributed by atoms with Crippen LogP contribution in [0.25, 0.3) is 0 Å². The Morgan fingerprint density at radius 3 is 2.31 bits per heavy atom. The van der Waals surface area contributed by atoms with E-state index in [-0.39, 0.29) is 18.3 Å². The maximum Gasteiger partial charge on any atom is 0.493 e. The lowest BCUT2D eigenvalue weighted by molar-refractivity contribution is -0.219. The third-order valence-electron chi connectivity index (χ3n) is 4.46. The number of carbonyl (C=O) groups is 2. The maximum absolute atomic E-state index is 13.4. The van der Waals surface area contributed by atoms with Gasteiger partial charge in [0.1, 0.15) is 5.60 Å². The number of aryl methyl sites for hydroxylation is 1. The van der Waals surface area contributed by atoms with Gasteiger partial charge in [0.15, 0.2) is 0 Å². The molecule has 0 N–H and O–H groups in total. The Morgan fingerprint density at radius 1 is 1.25 bits per heavy atom. The van der Waals surface area contributed by atoms with Gasteiger partial charge in [-0.1, -0.05) is 0 Å². The molecule has 0 spiro atoms. The first-order valence-corrected chi connectivity index (χ1v) is 11.0. The third kappa shape index (κ3) is 6.25. The van der Waals surface area contributed by atoms with Crippen LogP contribution in [0.15, 0.2) is 12.4 Å². The molecular formula is C17H26F3N5O6S. The van der Waals surface area contributed by atoms with Gasteiger partial charge in [0.25, 0.3) is 0 Å². The van der Waals surface area contributed by atoms with Crippen LogP contribution in [-0.4, -0.2) is 77.6 Å². The summed E-state index contributed by atoms with van der Waals surface area (Å²) >= 11 is 0. The van der Waals surface area contributed by atoms with Crippen LogP contribution in [0.5, 0.6) is 0 Å². The second kappa shape index (κ2) is 9.13. The number of amides is 1. The summed E-state index contributed by atoms with van der Waals surface area (Å²) in [6.45, 7) is 4.56. The summed E-state index contributed by atoms with van der Waals surface area (Å²) in [5.41, 5.74) is -1.33. The molecule has 1 atom stereocenters. The summed E-state index contributed by atoms with van der Waals surface area (Å²) in [5, 5.41) is 3.88. The minimum atomic E-state index is -5.55. The van der Waals surface area contributed by atoms with Crippen LogP contribution in [0.4, 0.5) is 23.7 Å².